The molecule has 0 unspecified atom stereocenters. The minimum absolute atomic E-state index is 0.479. The van der Waals surface area contributed by atoms with Crippen LogP contribution in [0.5, 0.6) is 0 Å². The smallest absolute Gasteiger partial charge is 0.198 e. The van der Waals surface area contributed by atoms with Crippen LogP contribution in [-0.4, -0.2) is 31.9 Å². The highest BCUT2D eigenvalue weighted by Crippen LogP contribution is 2.34. The number of nitrogens with one attached hydrogen (secondary N) is 2. The van der Waals surface area contributed by atoms with Crippen molar-refractivity contribution in [1.29, 1.82) is 0 Å². The number of aromatic nitrogens is 4. The molecule has 156 valence electrons. The second-order valence-electron chi connectivity index (χ2n) is 7.17. The van der Waals surface area contributed by atoms with Crippen molar-refractivity contribution in [2.75, 3.05) is 17.7 Å². The highest BCUT2D eigenvalue weighted by atomic mass is 32.1. The maximum Gasteiger partial charge on any atom is 0.198 e. The molecule has 0 bridgehead atoms. The lowest BCUT2D eigenvalue weighted by Gasteiger charge is -2.07. The highest BCUT2D eigenvalue weighted by molar-refractivity contribution is 7.80. The van der Waals surface area contributed by atoms with Gasteiger partial charge in [-0.05, 0) is 54.2 Å². The summed E-state index contributed by atoms with van der Waals surface area (Å²) in [5.41, 5.74) is 5.29. The van der Waals surface area contributed by atoms with Crippen molar-refractivity contribution in [3.63, 3.8) is 0 Å². The van der Waals surface area contributed by atoms with E-state index < -0.39 is 0 Å². The number of pyridine rings is 2. The van der Waals surface area contributed by atoms with Crippen LogP contribution in [0.3, 0.4) is 0 Å². The van der Waals surface area contributed by atoms with Gasteiger partial charge in [0.05, 0.1) is 11.2 Å². The van der Waals surface area contributed by atoms with Crippen LogP contribution in [-0.2, 0) is 0 Å². The van der Waals surface area contributed by atoms with Gasteiger partial charge in [0.1, 0.15) is 11.5 Å². The van der Waals surface area contributed by atoms with E-state index in [-0.39, 0.29) is 0 Å². The predicted octanol–water partition coefficient (Wildman–Crippen LogP) is 5.45. The molecule has 0 aliphatic heterocycles. The Morgan fingerprint density at radius 3 is 2.53 bits per heavy atom. The third kappa shape index (κ3) is 3.81. The standard InChI is InChI=1S/C25H20N6S/c1-26-23-13-7-12-22(29-23)24-20(18-14-15-27-21-11-6-5-10-19(18)21)16-31(30-24)25(32)28-17-8-3-2-4-9-17/h2-16H,1H3,(H,26,29)(H,28,32). The van der Waals surface area contributed by atoms with Gasteiger partial charge in [-0.1, -0.05) is 42.5 Å². The van der Waals surface area contributed by atoms with E-state index in [1.54, 1.807) is 4.68 Å². The molecule has 0 atom stereocenters. The number of para-hydroxylation sites is 2. The molecular weight excluding hydrogens is 416 g/mol. The second kappa shape index (κ2) is 8.56. The molecule has 6 nitrogen and oxygen atoms in total. The van der Waals surface area contributed by atoms with Gasteiger partial charge >= 0.3 is 0 Å². The van der Waals surface area contributed by atoms with Crippen molar-refractivity contribution in [1.82, 2.24) is 19.7 Å². The van der Waals surface area contributed by atoms with E-state index in [4.69, 9.17) is 22.3 Å². The van der Waals surface area contributed by atoms with Crippen LogP contribution in [0.2, 0.25) is 0 Å². The Balaban J connectivity index is 1.66. The molecule has 2 aromatic carbocycles. The first kappa shape index (κ1) is 19.8. The fourth-order valence-corrected chi connectivity index (χ4v) is 3.81. The molecule has 0 spiro atoms. The monoisotopic (exact) mass is 436 g/mol. The first-order valence-electron chi connectivity index (χ1n) is 10.2. The number of rotatable bonds is 4. The molecule has 0 aliphatic rings. The highest BCUT2D eigenvalue weighted by Gasteiger charge is 2.18. The average Bonchev–Trinajstić information content (AvgIpc) is 3.30. The van der Waals surface area contributed by atoms with Gasteiger partial charge < -0.3 is 10.6 Å². The normalized spacial score (nSPS) is 10.8. The van der Waals surface area contributed by atoms with Gasteiger partial charge in [0.25, 0.3) is 0 Å². The molecule has 0 amide bonds. The summed E-state index contributed by atoms with van der Waals surface area (Å²) in [5, 5.41) is 12.7. The van der Waals surface area contributed by atoms with Crippen molar-refractivity contribution >= 4 is 39.7 Å². The molecule has 0 radical (unpaired) electrons. The van der Waals surface area contributed by atoms with Crippen LogP contribution < -0.4 is 10.6 Å². The zero-order valence-corrected chi connectivity index (χ0v) is 18.2. The molecule has 7 heteroatoms. The summed E-state index contributed by atoms with van der Waals surface area (Å²) in [7, 11) is 1.85. The van der Waals surface area contributed by atoms with E-state index in [1.807, 2.05) is 92.2 Å². The Kier molecular flexibility index (Phi) is 5.31. The number of hydrogen-bond donors (Lipinski definition) is 2. The van der Waals surface area contributed by atoms with Crippen LogP contribution in [0.15, 0.2) is 91.3 Å². The summed E-state index contributed by atoms with van der Waals surface area (Å²) >= 11 is 5.66. The molecule has 5 aromatic rings. The number of fused-ring (bicyclic) bond motifs is 1. The lowest BCUT2D eigenvalue weighted by molar-refractivity contribution is 0.948. The third-order valence-electron chi connectivity index (χ3n) is 5.13. The van der Waals surface area contributed by atoms with Crippen molar-refractivity contribution in [2.45, 2.75) is 0 Å². The van der Waals surface area contributed by atoms with Crippen LogP contribution in [0.1, 0.15) is 0 Å². The lowest BCUT2D eigenvalue weighted by Crippen LogP contribution is -2.19. The largest absolute Gasteiger partial charge is 0.373 e. The average molecular weight is 437 g/mol. The summed E-state index contributed by atoms with van der Waals surface area (Å²) < 4.78 is 1.69. The second-order valence-corrected chi connectivity index (χ2v) is 7.55. The summed E-state index contributed by atoms with van der Waals surface area (Å²) in [5.74, 6) is 0.771. The number of nitrogens with zero attached hydrogens (tertiary/aromatic N) is 4. The topological polar surface area (TPSA) is 67.7 Å². The number of benzene rings is 2. The number of thiocarbonyl (C=S) groups is 1. The van der Waals surface area contributed by atoms with Gasteiger partial charge in [-0.2, -0.15) is 5.10 Å². The molecule has 0 aliphatic carbocycles. The Morgan fingerprint density at radius 1 is 0.875 bits per heavy atom. The molecule has 0 saturated carbocycles. The first-order valence-corrected chi connectivity index (χ1v) is 10.6. The SMILES string of the molecule is CNc1cccc(-c2nn(C(=S)Nc3ccccc3)cc2-c2ccnc3ccccc23)n1. The van der Waals surface area contributed by atoms with Crippen molar-refractivity contribution in [3.8, 4) is 22.5 Å². The number of hydrogen-bond acceptors (Lipinski definition) is 5. The van der Waals surface area contributed by atoms with Gasteiger partial charge in [-0.25, -0.2) is 9.67 Å². The van der Waals surface area contributed by atoms with E-state index in [2.05, 4.69) is 21.7 Å². The predicted molar refractivity (Wildman–Crippen MR) is 134 cm³/mol. The van der Waals surface area contributed by atoms with E-state index in [0.717, 1.165) is 44.9 Å². The first-order chi connectivity index (χ1) is 15.7. The molecule has 3 heterocycles. The minimum Gasteiger partial charge on any atom is -0.373 e. The maximum absolute atomic E-state index is 5.66. The van der Waals surface area contributed by atoms with Gasteiger partial charge in [0.2, 0.25) is 0 Å². The summed E-state index contributed by atoms with van der Waals surface area (Å²) in [4.78, 5) is 9.22. The van der Waals surface area contributed by atoms with Crippen molar-refractivity contribution in [3.05, 3.63) is 91.3 Å². The van der Waals surface area contributed by atoms with E-state index in [1.165, 1.54) is 0 Å². The summed E-state index contributed by atoms with van der Waals surface area (Å²) in [6.07, 6.45) is 3.76. The van der Waals surface area contributed by atoms with Crippen molar-refractivity contribution in [2.24, 2.45) is 0 Å². The summed E-state index contributed by atoms with van der Waals surface area (Å²) in [6, 6.07) is 25.7. The Labute approximate surface area is 191 Å². The molecule has 3 aromatic heterocycles. The zero-order valence-electron chi connectivity index (χ0n) is 17.4. The van der Waals surface area contributed by atoms with E-state index in [0.29, 0.717) is 5.11 Å². The van der Waals surface area contributed by atoms with Gasteiger partial charge in [-0.3, -0.25) is 4.98 Å². The molecule has 2 N–H and O–H groups in total. The van der Waals surface area contributed by atoms with Gasteiger partial charge in [-0.15, -0.1) is 0 Å². The van der Waals surface area contributed by atoms with Crippen LogP contribution in [0.4, 0.5) is 11.5 Å². The zero-order chi connectivity index (χ0) is 21.9. The molecule has 0 saturated heterocycles. The van der Waals surface area contributed by atoms with Crippen LogP contribution in [0.25, 0.3) is 33.4 Å². The van der Waals surface area contributed by atoms with Crippen molar-refractivity contribution < 1.29 is 0 Å². The fourth-order valence-electron chi connectivity index (χ4n) is 3.60. The number of anilines is 2. The Hall–Kier alpha value is -4.10. The van der Waals surface area contributed by atoms with Crippen LogP contribution in [0, 0.1) is 0 Å². The molecule has 32 heavy (non-hydrogen) atoms. The van der Waals surface area contributed by atoms with E-state index in [9.17, 15) is 0 Å². The quantitative estimate of drug-likeness (QED) is 0.365. The molecule has 5 rings (SSSR count). The lowest BCUT2D eigenvalue weighted by atomic mass is 10.0. The summed E-state index contributed by atoms with van der Waals surface area (Å²) in [6.45, 7) is 0. The maximum atomic E-state index is 5.66. The van der Waals surface area contributed by atoms with Crippen LogP contribution >= 0.6 is 12.2 Å². The fraction of sp³-hybridized carbons (Fsp3) is 0.0400. The van der Waals surface area contributed by atoms with Gasteiger partial charge in [0, 0.05) is 36.1 Å². The Morgan fingerprint density at radius 2 is 1.69 bits per heavy atom. The molecule has 0 fully saturated rings. The molecular formula is C25H20N6S. The van der Waals surface area contributed by atoms with E-state index >= 15 is 0 Å². The minimum atomic E-state index is 0.479. The van der Waals surface area contributed by atoms with Gasteiger partial charge in [0.15, 0.2) is 5.11 Å². The Bertz CT molecular complexity index is 1410. The third-order valence-corrected chi connectivity index (χ3v) is 5.42.